The number of rotatable bonds is 2. The minimum Gasteiger partial charge on any atom is -0.300 e. The van der Waals surface area contributed by atoms with Crippen molar-refractivity contribution >= 4 is 5.78 Å². The summed E-state index contributed by atoms with van der Waals surface area (Å²) in [5, 5.41) is 0. The summed E-state index contributed by atoms with van der Waals surface area (Å²) in [4.78, 5) is 10.8. The van der Waals surface area contributed by atoms with Gasteiger partial charge in [0.15, 0.2) is 0 Å². The van der Waals surface area contributed by atoms with Gasteiger partial charge < -0.3 is 0 Å². The second-order valence-electron chi connectivity index (χ2n) is 3.64. The summed E-state index contributed by atoms with van der Waals surface area (Å²) in [6.07, 6.45) is -2.31. The molecule has 13 heavy (non-hydrogen) atoms. The summed E-state index contributed by atoms with van der Waals surface area (Å²) in [5.74, 6) is 0.308. The third kappa shape index (κ3) is 4.29. The van der Waals surface area contributed by atoms with Gasteiger partial charge in [0.2, 0.25) is 0 Å². The quantitative estimate of drug-likeness (QED) is 0.660. The molecule has 0 aromatic rings. The van der Waals surface area contributed by atoms with Crippen LogP contribution in [-0.4, -0.2) is 12.0 Å². The summed E-state index contributed by atoms with van der Waals surface area (Å²) >= 11 is 0. The maximum atomic E-state index is 11.8. The molecule has 0 unspecified atom stereocenters. The van der Waals surface area contributed by atoms with Crippen LogP contribution in [0.2, 0.25) is 0 Å². The summed E-state index contributed by atoms with van der Waals surface area (Å²) < 4.78 is 35.5. The fraction of sp³-hybridized carbons (Fsp3) is 0.889. The van der Waals surface area contributed by atoms with E-state index in [0.717, 1.165) is 0 Å². The number of hydrogen-bond donors (Lipinski definition) is 0. The van der Waals surface area contributed by atoms with Crippen LogP contribution in [-0.2, 0) is 4.79 Å². The average Bonchev–Trinajstić information content (AvgIpc) is 2.02. The Morgan fingerprint density at radius 1 is 1.23 bits per heavy atom. The first kappa shape index (κ1) is 10.5. The molecular formula is C9H13F3O. The normalized spacial score (nSPS) is 20.7. The summed E-state index contributed by atoms with van der Waals surface area (Å²) in [6, 6.07) is 0. The van der Waals surface area contributed by atoms with Gasteiger partial charge >= 0.3 is 6.18 Å². The van der Waals surface area contributed by atoms with Crippen LogP contribution >= 0.6 is 0 Å². The number of Topliss-reactive ketones (excluding diaryl/α,β-unsaturated/α-hetero) is 1. The first-order valence-corrected chi connectivity index (χ1v) is 4.56. The molecule has 0 aromatic carbocycles. The molecule has 1 aliphatic carbocycles. The van der Waals surface area contributed by atoms with Crippen molar-refractivity contribution in [1.29, 1.82) is 0 Å². The zero-order valence-corrected chi connectivity index (χ0v) is 7.36. The monoisotopic (exact) mass is 194 g/mol. The smallest absolute Gasteiger partial charge is 0.300 e. The van der Waals surface area contributed by atoms with Crippen molar-refractivity contribution in [3.8, 4) is 0 Å². The highest BCUT2D eigenvalue weighted by atomic mass is 19.4. The molecule has 76 valence electrons. The number of carbonyl (C=O) groups is 1. The van der Waals surface area contributed by atoms with Crippen molar-refractivity contribution in [3.05, 3.63) is 0 Å². The van der Waals surface area contributed by atoms with Gasteiger partial charge in [-0.25, -0.2) is 0 Å². The van der Waals surface area contributed by atoms with Gasteiger partial charge in [-0.15, -0.1) is 0 Å². The van der Waals surface area contributed by atoms with Crippen LogP contribution in [0.3, 0.4) is 0 Å². The van der Waals surface area contributed by atoms with E-state index >= 15 is 0 Å². The largest absolute Gasteiger partial charge is 0.389 e. The van der Waals surface area contributed by atoms with Crippen LogP contribution in [0.4, 0.5) is 13.2 Å². The lowest BCUT2D eigenvalue weighted by atomic mass is 9.85. The fourth-order valence-corrected chi connectivity index (χ4v) is 1.66. The van der Waals surface area contributed by atoms with Crippen LogP contribution in [0.15, 0.2) is 0 Å². The summed E-state index contributed by atoms with van der Waals surface area (Å²) in [6.45, 7) is 0. The first-order chi connectivity index (χ1) is 5.97. The molecule has 0 N–H and O–H groups in total. The highest BCUT2D eigenvalue weighted by Gasteiger charge is 2.29. The SMILES string of the molecule is O=C1CCC(CCC(F)(F)F)CC1. The van der Waals surface area contributed by atoms with Gasteiger partial charge in [-0.3, -0.25) is 4.79 Å². The molecule has 1 nitrogen and oxygen atoms in total. The Bertz CT molecular complexity index is 176. The van der Waals surface area contributed by atoms with E-state index in [1.54, 1.807) is 0 Å². The summed E-state index contributed by atoms with van der Waals surface area (Å²) in [7, 11) is 0. The number of hydrogen-bond acceptors (Lipinski definition) is 1. The lowest BCUT2D eigenvalue weighted by Gasteiger charge is -2.21. The predicted molar refractivity (Wildman–Crippen MR) is 42.3 cm³/mol. The lowest BCUT2D eigenvalue weighted by molar-refractivity contribution is -0.138. The van der Waals surface area contributed by atoms with E-state index in [2.05, 4.69) is 0 Å². The first-order valence-electron chi connectivity index (χ1n) is 4.56. The van der Waals surface area contributed by atoms with Gasteiger partial charge in [-0.1, -0.05) is 0 Å². The molecule has 0 aromatic heterocycles. The Morgan fingerprint density at radius 3 is 2.23 bits per heavy atom. The molecule has 0 amide bonds. The Kier molecular flexibility index (Phi) is 3.33. The van der Waals surface area contributed by atoms with Crippen LogP contribution < -0.4 is 0 Å². The average molecular weight is 194 g/mol. The third-order valence-electron chi connectivity index (χ3n) is 2.50. The van der Waals surface area contributed by atoms with Crippen LogP contribution in [0.1, 0.15) is 38.5 Å². The Labute approximate surface area is 75.3 Å². The zero-order valence-electron chi connectivity index (χ0n) is 7.36. The molecule has 4 heteroatoms. The maximum absolute atomic E-state index is 11.8. The van der Waals surface area contributed by atoms with E-state index in [1.807, 2.05) is 0 Å². The second-order valence-corrected chi connectivity index (χ2v) is 3.64. The van der Waals surface area contributed by atoms with Gasteiger partial charge in [0.05, 0.1) is 0 Å². The zero-order chi connectivity index (χ0) is 9.90. The molecule has 0 saturated heterocycles. The number of halogens is 3. The standard InChI is InChI=1S/C9H13F3O/c10-9(11,12)6-5-7-1-3-8(13)4-2-7/h7H,1-6H2. The van der Waals surface area contributed by atoms with E-state index in [4.69, 9.17) is 0 Å². The van der Waals surface area contributed by atoms with Gasteiger partial charge in [-0.05, 0) is 25.2 Å². The van der Waals surface area contributed by atoms with E-state index < -0.39 is 12.6 Å². The number of carbonyl (C=O) groups excluding carboxylic acids is 1. The van der Waals surface area contributed by atoms with E-state index in [9.17, 15) is 18.0 Å². The fourth-order valence-electron chi connectivity index (χ4n) is 1.66. The van der Waals surface area contributed by atoms with Crippen LogP contribution in [0, 0.1) is 5.92 Å². The van der Waals surface area contributed by atoms with Crippen LogP contribution in [0.5, 0.6) is 0 Å². The topological polar surface area (TPSA) is 17.1 Å². The van der Waals surface area contributed by atoms with E-state index in [0.29, 0.717) is 25.7 Å². The third-order valence-corrected chi connectivity index (χ3v) is 2.50. The predicted octanol–water partition coefficient (Wildman–Crippen LogP) is 3.09. The maximum Gasteiger partial charge on any atom is 0.389 e. The van der Waals surface area contributed by atoms with Gasteiger partial charge in [0.25, 0.3) is 0 Å². The van der Waals surface area contributed by atoms with Gasteiger partial charge in [-0.2, -0.15) is 13.2 Å². The number of alkyl halides is 3. The van der Waals surface area contributed by atoms with E-state index in [-0.39, 0.29) is 18.1 Å². The van der Waals surface area contributed by atoms with Gasteiger partial charge in [0, 0.05) is 19.3 Å². The highest BCUT2D eigenvalue weighted by Crippen LogP contribution is 2.30. The molecule has 0 bridgehead atoms. The van der Waals surface area contributed by atoms with Crippen molar-refractivity contribution in [3.63, 3.8) is 0 Å². The molecule has 0 radical (unpaired) electrons. The Balaban J connectivity index is 2.20. The minimum absolute atomic E-state index is 0.110. The van der Waals surface area contributed by atoms with Crippen molar-refractivity contribution in [2.45, 2.75) is 44.7 Å². The van der Waals surface area contributed by atoms with Crippen molar-refractivity contribution in [2.24, 2.45) is 5.92 Å². The molecule has 1 saturated carbocycles. The molecule has 0 heterocycles. The highest BCUT2D eigenvalue weighted by molar-refractivity contribution is 5.78. The Hall–Kier alpha value is -0.540. The molecule has 1 aliphatic rings. The molecule has 0 aliphatic heterocycles. The van der Waals surface area contributed by atoms with Crippen LogP contribution in [0.25, 0.3) is 0 Å². The van der Waals surface area contributed by atoms with Crippen molar-refractivity contribution < 1.29 is 18.0 Å². The van der Waals surface area contributed by atoms with Gasteiger partial charge in [0.1, 0.15) is 5.78 Å². The number of ketones is 1. The Morgan fingerprint density at radius 2 is 1.77 bits per heavy atom. The van der Waals surface area contributed by atoms with Crippen molar-refractivity contribution in [2.75, 3.05) is 0 Å². The molecule has 1 fully saturated rings. The molecule has 0 spiro atoms. The lowest BCUT2D eigenvalue weighted by Crippen LogP contribution is -2.16. The summed E-state index contributed by atoms with van der Waals surface area (Å²) in [5.41, 5.74) is 0. The molecule has 0 atom stereocenters. The second kappa shape index (κ2) is 4.11. The minimum atomic E-state index is -4.04. The molecule has 1 rings (SSSR count). The van der Waals surface area contributed by atoms with E-state index in [1.165, 1.54) is 0 Å². The van der Waals surface area contributed by atoms with Crippen molar-refractivity contribution in [1.82, 2.24) is 0 Å². The molecular weight excluding hydrogens is 181 g/mol.